The van der Waals surface area contributed by atoms with Gasteiger partial charge < -0.3 is 0 Å². The van der Waals surface area contributed by atoms with Gasteiger partial charge in [0.2, 0.25) is 0 Å². The van der Waals surface area contributed by atoms with Crippen molar-refractivity contribution in [2.24, 2.45) is 17.8 Å². The van der Waals surface area contributed by atoms with Crippen LogP contribution in [0.15, 0.2) is 0 Å². The summed E-state index contributed by atoms with van der Waals surface area (Å²) in [6.45, 7) is 10.3. The van der Waals surface area contributed by atoms with E-state index in [0.29, 0.717) is 6.04 Å². The molecular weight excluding hydrogens is 148 g/mol. The monoisotopic (exact) mass is 170 g/mol. The second kappa shape index (κ2) is 4.24. The lowest BCUT2D eigenvalue weighted by atomic mass is 9.85. The number of hydrazine groups is 1. The Labute approximate surface area is 76.1 Å². The van der Waals surface area contributed by atoms with Crippen molar-refractivity contribution in [1.29, 1.82) is 0 Å². The van der Waals surface area contributed by atoms with Gasteiger partial charge in [-0.15, -0.1) is 0 Å². The lowest BCUT2D eigenvalue weighted by Gasteiger charge is -2.35. The summed E-state index contributed by atoms with van der Waals surface area (Å²) in [7, 11) is 0. The number of nitrogens with one attached hydrogen (secondary N) is 2. The highest BCUT2D eigenvalue weighted by atomic mass is 15.4. The molecule has 2 heteroatoms. The van der Waals surface area contributed by atoms with Gasteiger partial charge in [0.05, 0.1) is 0 Å². The minimum absolute atomic E-state index is 0.658. The zero-order valence-electron chi connectivity index (χ0n) is 8.72. The van der Waals surface area contributed by atoms with Gasteiger partial charge in [0.1, 0.15) is 0 Å². The molecule has 0 amide bonds. The SMILES string of the molecule is CC(C)C1CNNC(C(C)C)C1. The molecule has 0 bridgehead atoms. The Balaban J connectivity index is 2.40. The first-order chi connectivity index (χ1) is 5.61. The fourth-order valence-corrected chi connectivity index (χ4v) is 1.74. The maximum atomic E-state index is 3.35. The molecule has 0 aromatic rings. The molecule has 0 radical (unpaired) electrons. The molecule has 72 valence electrons. The van der Waals surface area contributed by atoms with Gasteiger partial charge >= 0.3 is 0 Å². The van der Waals surface area contributed by atoms with Crippen molar-refractivity contribution in [3.63, 3.8) is 0 Å². The van der Waals surface area contributed by atoms with E-state index >= 15 is 0 Å². The van der Waals surface area contributed by atoms with Crippen LogP contribution >= 0.6 is 0 Å². The summed E-state index contributed by atoms with van der Waals surface area (Å²) in [5.41, 5.74) is 6.65. The Morgan fingerprint density at radius 3 is 2.25 bits per heavy atom. The molecule has 2 N–H and O–H groups in total. The maximum Gasteiger partial charge on any atom is 0.0239 e. The molecule has 1 saturated heterocycles. The average molecular weight is 170 g/mol. The summed E-state index contributed by atoms with van der Waals surface area (Å²) >= 11 is 0. The fourth-order valence-electron chi connectivity index (χ4n) is 1.74. The quantitative estimate of drug-likeness (QED) is 0.660. The Morgan fingerprint density at radius 2 is 1.75 bits per heavy atom. The van der Waals surface area contributed by atoms with Crippen molar-refractivity contribution >= 4 is 0 Å². The van der Waals surface area contributed by atoms with Crippen LogP contribution in [0.3, 0.4) is 0 Å². The first-order valence-electron chi connectivity index (χ1n) is 5.09. The van der Waals surface area contributed by atoms with Gasteiger partial charge in [0, 0.05) is 12.6 Å². The van der Waals surface area contributed by atoms with Crippen molar-refractivity contribution in [3.05, 3.63) is 0 Å². The Morgan fingerprint density at radius 1 is 1.08 bits per heavy atom. The third-order valence-corrected chi connectivity index (χ3v) is 2.96. The second-order valence-corrected chi connectivity index (χ2v) is 4.62. The van der Waals surface area contributed by atoms with Gasteiger partial charge in [-0.1, -0.05) is 27.7 Å². The first kappa shape index (κ1) is 10.0. The zero-order chi connectivity index (χ0) is 9.14. The number of hydrogen-bond acceptors (Lipinski definition) is 2. The number of hydrogen-bond donors (Lipinski definition) is 2. The van der Waals surface area contributed by atoms with Crippen LogP contribution in [0.5, 0.6) is 0 Å². The molecule has 2 nitrogen and oxygen atoms in total. The normalized spacial score (nSPS) is 31.5. The van der Waals surface area contributed by atoms with Gasteiger partial charge in [0.15, 0.2) is 0 Å². The Kier molecular flexibility index (Phi) is 3.53. The molecule has 1 aliphatic rings. The molecule has 0 aliphatic carbocycles. The largest absolute Gasteiger partial charge is 0.257 e. The van der Waals surface area contributed by atoms with Crippen LogP contribution < -0.4 is 10.9 Å². The summed E-state index contributed by atoms with van der Waals surface area (Å²) < 4.78 is 0. The van der Waals surface area contributed by atoms with Crippen molar-refractivity contribution in [2.45, 2.75) is 40.2 Å². The van der Waals surface area contributed by atoms with Gasteiger partial charge in [-0.3, -0.25) is 10.9 Å². The minimum Gasteiger partial charge on any atom is -0.257 e. The number of rotatable bonds is 2. The molecular formula is C10H22N2. The molecule has 2 unspecified atom stereocenters. The highest BCUT2D eigenvalue weighted by Crippen LogP contribution is 2.21. The van der Waals surface area contributed by atoms with Crippen molar-refractivity contribution in [1.82, 2.24) is 10.9 Å². The topological polar surface area (TPSA) is 24.1 Å². The Bertz CT molecular complexity index is 118. The standard InChI is InChI=1S/C10H22N2/c1-7(2)9-5-10(8(3)4)12-11-6-9/h7-12H,5-6H2,1-4H3. The van der Waals surface area contributed by atoms with E-state index in [0.717, 1.165) is 24.3 Å². The van der Waals surface area contributed by atoms with Gasteiger partial charge in [0.25, 0.3) is 0 Å². The minimum atomic E-state index is 0.658. The van der Waals surface area contributed by atoms with Crippen molar-refractivity contribution < 1.29 is 0 Å². The Hall–Kier alpha value is -0.0800. The first-order valence-corrected chi connectivity index (χ1v) is 5.09. The third kappa shape index (κ3) is 2.46. The summed E-state index contributed by atoms with van der Waals surface area (Å²) in [5, 5.41) is 0. The van der Waals surface area contributed by atoms with E-state index in [-0.39, 0.29) is 0 Å². The molecule has 0 aromatic carbocycles. The fraction of sp³-hybridized carbons (Fsp3) is 1.00. The smallest absolute Gasteiger partial charge is 0.0239 e. The van der Waals surface area contributed by atoms with Gasteiger partial charge in [-0.05, 0) is 24.2 Å². The molecule has 1 rings (SSSR count). The predicted octanol–water partition coefficient (Wildman–Crippen LogP) is 1.78. The molecule has 1 aliphatic heterocycles. The molecule has 1 fully saturated rings. The van der Waals surface area contributed by atoms with Crippen LogP contribution in [-0.2, 0) is 0 Å². The molecule has 2 atom stereocenters. The molecule has 0 aromatic heterocycles. The third-order valence-electron chi connectivity index (χ3n) is 2.96. The van der Waals surface area contributed by atoms with Gasteiger partial charge in [-0.25, -0.2) is 0 Å². The van der Waals surface area contributed by atoms with E-state index in [1.165, 1.54) is 6.42 Å². The van der Waals surface area contributed by atoms with E-state index in [4.69, 9.17) is 0 Å². The highest BCUT2D eigenvalue weighted by Gasteiger charge is 2.25. The van der Waals surface area contributed by atoms with Crippen molar-refractivity contribution in [2.75, 3.05) is 6.54 Å². The zero-order valence-corrected chi connectivity index (χ0v) is 8.72. The molecule has 0 saturated carbocycles. The van der Waals surface area contributed by atoms with E-state index in [2.05, 4.69) is 38.5 Å². The summed E-state index contributed by atoms with van der Waals surface area (Å²) in [6, 6.07) is 0.658. The summed E-state index contributed by atoms with van der Waals surface area (Å²) in [6.07, 6.45) is 1.32. The molecule has 12 heavy (non-hydrogen) atoms. The molecule has 0 spiro atoms. The second-order valence-electron chi connectivity index (χ2n) is 4.62. The molecule has 1 heterocycles. The van der Waals surface area contributed by atoms with Crippen LogP contribution in [0.2, 0.25) is 0 Å². The van der Waals surface area contributed by atoms with Crippen LogP contribution in [0.25, 0.3) is 0 Å². The van der Waals surface area contributed by atoms with Gasteiger partial charge in [-0.2, -0.15) is 0 Å². The van der Waals surface area contributed by atoms with Crippen LogP contribution in [0.1, 0.15) is 34.1 Å². The lowest BCUT2D eigenvalue weighted by Crippen LogP contribution is -2.52. The van der Waals surface area contributed by atoms with Crippen LogP contribution in [0, 0.1) is 17.8 Å². The highest BCUT2D eigenvalue weighted by molar-refractivity contribution is 4.80. The van der Waals surface area contributed by atoms with Crippen molar-refractivity contribution in [3.8, 4) is 0 Å². The summed E-state index contributed by atoms with van der Waals surface area (Å²) in [4.78, 5) is 0. The predicted molar refractivity (Wildman–Crippen MR) is 52.7 cm³/mol. The van der Waals surface area contributed by atoms with Crippen LogP contribution in [-0.4, -0.2) is 12.6 Å². The summed E-state index contributed by atoms with van der Waals surface area (Å²) in [5.74, 6) is 2.39. The maximum absolute atomic E-state index is 3.35. The van der Waals surface area contributed by atoms with E-state index in [1.807, 2.05) is 0 Å². The lowest BCUT2D eigenvalue weighted by molar-refractivity contribution is 0.187. The average Bonchev–Trinajstić information content (AvgIpc) is 2.04. The van der Waals surface area contributed by atoms with E-state index < -0.39 is 0 Å². The van der Waals surface area contributed by atoms with E-state index in [1.54, 1.807) is 0 Å². The van der Waals surface area contributed by atoms with Crippen LogP contribution in [0.4, 0.5) is 0 Å². The van der Waals surface area contributed by atoms with E-state index in [9.17, 15) is 0 Å².